The van der Waals surface area contributed by atoms with Gasteiger partial charge in [0.15, 0.2) is 5.78 Å². The molecule has 2 unspecified atom stereocenters. The molecule has 43 heavy (non-hydrogen) atoms. The van der Waals surface area contributed by atoms with Crippen LogP contribution in [0.15, 0.2) is 54.6 Å². The Hall–Kier alpha value is -4.51. The van der Waals surface area contributed by atoms with E-state index in [0.29, 0.717) is 11.5 Å². The van der Waals surface area contributed by atoms with Gasteiger partial charge in [0.2, 0.25) is 5.91 Å². The van der Waals surface area contributed by atoms with E-state index in [2.05, 4.69) is 47.4 Å². The topological polar surface area (TPSA) is 146 Å². The van der Waals surface area contributed by atoms with Gasteiger partial charge >= 0.3 is 12.1 Å². The number of carbonyl (C=O) groups excluding carboxylic acids is 4. The first-order valence-electron chi connectivity index (χ1n) is 14.7. The first-order chi connectivity index (χ1) is 20.5. The maximum atomic E-state index is 13.8. The van der Waals surface area contributed by atoms with Crippen LogP contribution in [0.25, 0.3) is 5.69 Å². The zero-order chi connectivity index (χ0) is 30.7. The van der Waals surface area contributed by atoms with E-state index in [1.54, 1.807) is 22.9 Å². The molecule has 2 aliphatic heterocycles. The predicted octanol–water partition coefficient (Wildman–Crippen LogP) is 4.37. The van der Waals surface area contributed by atoms with Crippen molar-refractivity contribution in [2.75, 3.05) is 23.7 Å². The molecule has 3 heterocycles. The number of piperidine rings is 1. The van der Waals surface area contributed by atoms with Crippen molar-refractivity contribution in [3.8, 4) is 5.69 Å². The Balaban J connectivity index is 1.38. The summed E-state index contributed by atoms with van der Waals surface area (Å²) in [4.78, 5) is 51.1. The second-order valence-electron chi connectivity index (χ2n) is 12.4. The van der Waals surface area contributed by atoms with Gasteiger partial charge < -0.3 is 16.0 Å². The number of nitrogens with one attached hydrogen (secondary N) is 5. The van der Waals surface area contributed by atoms with Crippen molar-refractivity contribution in [1.82, 2.24) is 25.7 Å². The van der Waals surface area contributed by atoms with Gasteiger partial charge in [0.05, 0.1) is 23.8 Å². The van der Waals surface area contributed by atoms with Crippen molar-refractivity contribution in [3.63, 3.8) is 0 Å². The van der Waals surface area contributed by atoms with Crippen LogP contribution < -0.4 is 26.6 Å². The molecule has 2 aromatic carbocycles. The molecule has 2 fully saturated rings. The number of aryl methyl sites for hydroxylation is 1. The molecule has 0 radical (unpaired) electrons. The molecule has 0 saturated carbocycles. The van der Waals surface area contributed by atoms with Crippen molar-refractivity contribution < 1.29 is 19.2 Å². The van der Waals surface area contributed by atoms with Crippen molar-refractivity contribution in [2.45, 2.75) is 64.3 Å². The van der Waals surface area contributed by atoms with Crippen LogP contribution in [0.3, 0.4) is 0 Å². The third-order valence-electron chi connectivity index (χ3n) is 7.95. The second kappa shape index (κ2) is 12.4. The summed E-state index contributed by atoms with van der Waals surface area (Å²) in [6.07, 6.45) is 1.46. The number of imide groups is 1. The summed E-state index contributed by atoms with van der Waals surface area (Å²) in [7, 11) is 0. The van der Waals surface area contributed by atoms with Crippen LogP contribution in [0.5, 0.6) is 0 Å². The molecule has 11 heteroatoms. The lowest BCUT2D eigenvalue weighted by Crippen LogP contribution is -2.56. The van der Waals surface area contributed by atoms with Crippen LogP contribution in [0.1, 0.15) is 62.8 Å². The smallest absolute Gasteiger partial charge is 0.324 e. The number of benzene rings is 2. The third-order valence-corrected chi connectivity index (χ3v) is 7.95. The van der Waals surface area contributed by atoms with Crippen LogP contribution >= 0.6 is 0 Å². The Morgan fingerprint density at radius 1 is 1.00 bits per heavy atom. The fraction of sp³-hybridized carbons (Fsp3) is 0.406. The highest BCUT2D eigenvalue weighted by Crippen LogP contribution is 2.35. The monoisotopic (exact) mass is 585 g/mol. The van der Waals surface area contributed by atoms with Crippen molar-refractivity contribution in [1.29, 1.82) is 0 Å². The van der Waals surface area contributed by atoms with E-state index >= 15 is 0 Å². The van der Waals surface area contributed by atoms with Crippen LogP contribution in [-0.4, -0.2) is 52.7 Å². The van der Waals surface area contributed by atoms with Crippen LogP contribution in [0.4, 0.5) is 21.1 Å². The van der Waals surface area contributed by atoms with E-state index < -0.39 is 29.9 Å². The zero-order valence-corrected chi connectivity index (χ0v) is 25.0. The maximum Gasteiger partial charge on any atom is 0.324 e. The molecule has 1 aromatic heterocycles. The average Bonchev–Trinajstić information content (AvgIpc) is 3.38. The second-order valence-corrected chi connectivity index (χ2v) is 12.4. The molecule has 0 spiro atoms. The summed E-state index contributed by atoms with van der Waals surface area (Å²) in [5.74, 6) is -0.664. The lowest BCUT2D eigenvalue weighted by atomic mass is 9.75. The Bertz CT molecular complexity index is 1500. The summed E-state index contributed by atoms with van der Waals surface area (Å²) in [6, 6.07) is 15.0. The molecule has 0 aliphatic carbocycles. The van der Waals surface area contributed by atoms with Gasteiger partial charge in [-0.05, 0) is 68.6 Å². The van der Waals surface area contributed by atoms with Gasteiger partial charge in [-0.3, -0.25) is 20.2 Å². The van der Waals surface area contributed by atoms with Crippen LogP contribution in [-0.2, 0) is 15.0 Å². The van der Waals surface area contributed by atoms with Crippen LogP contribution in [0, 0.1) is 12.8 Å². The van der Waals surface area contributed by atoms with Gasteiger partial charge in [-0.25, -0.2) is 14.3 Å². The molecule has 0 bridgehead atoms. The number of ketones is 1. The molecule has 2 aliphatic rings. The molecule has 5 amide bonds. The average molecular weight is 586 g/mol. The predicted molar refractivity (Wildman–Crippen MR) is 165 cm³/mol. The number of rotatable bonds is 7. The highest BCUT2D eigenvalue weighted by atomic mass is 16.2. The molecule has 2 atom stereocenters. The molecule has 11 nitrogen and oxygen atoms in total. The summed E-state index contributed by atoms with van der Waals surface area (Å²) >= 11 is 0. The summed E-state index contributed by atoms with van der Waals surface area (Å²) in [5, 5.41) is 18.8. The molecule has 3 aromatic rings. The Morgan fingerprint density at radius 2 is 1.72 bits per heavy atom. The minimum Gasteiger partial charge on any atom is -0.327 e. The number of urea groups is 2. The first kappa shape index (κ1) is 30.0. The first-order valence-corrected chi connectivity index (χ1v) is 14.7. The van der Waals surface area contributed by atoms with Gasteiger partial charge in [-0.1, -0.05) is 50.6 Å². The van der Waals surface area contributed by atoms with Gasteiger partial charge in [-0.15, -0.1) is 0 Å². The third kappa shape index (κ3) is 7.11. The molecule has 2 saturated heterocycles. The summed E-state index contributed by atoms with van der Waals surface area (Å²) < 4.78 is 1.72. The van der Waals surface area contributed by atoms with Crippen LogP contribution in [0.2, 0.25) is 0 Å². The number of anilines is 2. The SMILES string of the molecule is Cc1ccc(-n2nc(C(C)(C)C)cc2NC(=O)Nc2cccc(C(C(=O)C3CC(=O)NC(=O)N3)C3CCNCC3)c2)cc1. The van der Waals surface area contributed by atoms with Gasteiger partial charge in [0, 0.05) is 23.1 Å². The number of hydrogen-bond donors (Lipinski definition) is 5. The largest absolute Gasteiger partial charge is 0.327 e. The molecular weight excluding hydrogens is 546 g/mol. The molecule has 5 rings (SSSR count). The van der Waals surface area contributed by atoms with E-state index in [4.69, 9.17) is 5.10 Å². The molecule has 5 N–H and O–H groups in total. The van der Waals surface area contributed by atoms with E-state index in [1.807, 2.05) is 43.3 Å². The number of amides is 5. The maximum absolute atomic E-state index is 13.8. The highest BCUT2D eigenvalue weighted by molar-refractivity contribution is 6.04. The number of nitrogens with zero attached hydrogens (tertiary/aromatic N) is 2. The lowest BCUT2D eigenvalue weighted by Gasteiger charge is -2.33. The highest BCUT2D eigenvalue weighted by Gasteiger charge is 2.38. The van der Waals surface area contributed by atoms with Gasteiger partial charge in [0.1, 0.15) is 5.82 Å². The Kier molecular flexibility index (Phi) is 8.63. The number of aromatic nitrogens is 2. The Labute approximate surface area is 251 Å². The van der Waals surface area contributed by atoms with Crippen molar-refractivity contribution in [2.24, 2.45) is 5.92 Å². The molecule has 226 valence electrons. The minimum atomic E-state index is -0.903. The van der Waals surface area contributed by atoms with E-state index in [9.17, 15) is 19.2 Å². The standard InChI is InChI=1S/C32H39N7O4/c1-19-8-10-23(11-9-19)39-26(18-25(38-39)32(2,3)4)36-30(42)34-22-7-5-6-21(16-22)28(20-12-14-33-15-13-20)29(41)24-17-27(40)37-31(43)35-24/h5-11,16,18,20,24,28,33H,12-15,17H2,1-4H3,(H2,34,36,42)(H2,35,37,40,43). The van der Waals surface area contributed by atoms with E-state index in [1.165, 1.54) is 0 Å². The summed E-state index contributed by atoms with van der Waals surface area (Å²) in [6.45, 7) is 9.76. The Morgan fingerprint density at radius 3 is 2.40 bits per heavy atom. The zero-order valence-electron chi connectivity index (χ0n) is 25.0. The lowest BCUT2D eigenvalue weighted by molar-refractivity contribution is -0.129. The normalized spacial score (nSPS) is 18.4. The van der Waals surface area contributed by atoms with Crippen molar-refractivity contribution in [3.05, 3.63) is 71.4 Å². The summed E-state index contributed by atoms with van der Waals surface area (Å²) in [5.41, 5.74) is 3.79. The molecular formula is C32H39N7O4. The van der Waals surface area contributed by atoms with E-state index in [0.717, 1.165) is 48.4 Å². The minimum absolute atomic E-state index is 0.0272. The van der Waals surface area contributed by atoms with Gasteiger partial charge in [0.25, 0.3) is 0 Å². The quantitative estimate of drug-likeness (QED) is 0.278. The number of hydrogen-bond acceptors (Lipinski definition) is 6. The number of carbonyl (C=O) groups is 4. The number of Topliss-reactive ketones (excluding diaryl/α,β-unsaturated/α-hetero) is 1. The van der Waals surface area contributed by atoms with E-state index in [-0.39, 0.29) is 23.5 Å². The fourth-order valence-electron chi connectivity index (χ4n) is 5.65. The van der Waals surface area contributed by atoms with Crippen molar-refractivity contribution >= 4 is 35.3 Å². The fourth-order valence-corrected chi connectivity index (χ4v) is 5.65. The van der Waals surface area contributed by atoms with Gasteiger partial charge in [-0.2, -0.15) is 5.10 Å².